The first-order valence-corrected chi connectivity index (χ1v) is 10.0. The fraction of sp³-hybridized carbons (Fsp3) is 0.273. The standard InChI is InChI=1S/C22H21ClFN3O3/c1-25(2)22(29)30-21-19(20(28)26-11-3-4-12-27(21)26)17-13-15(7-10-18(17)23)14-5-8-16(24)9-6-14/h5-10,13H,3-4,11-12H2,1-2H3. The minimum Gasteiger partial charge on any atom is -0.391 e. The van der Waals surface area contributed by atoms with Gasteiger partial charge in [0.2, 0.25) is 5.88 Å². The van der Waals surface area contributed by atoms with Gasteiger partial charge in [0.05, 0.1) is 0 Å². The molecule has 0 fully saturated rings. The van der Waals surface area contributed by atoms with Gasteiger partial charge in [-0.05, 0) is 48.2 Å². The molecule has 1 aromatic heterocycles. The van der Waals surface area contributed by atoms with Crippen LogP contribution < -0.4 is 10.3 Å². The molecule has 0 bridgehead atoms. The highest BCUT2D eigenvalue weighted by Gasteiger charge is 2.28. The third-order valence-corrected chi connectivity index (χ3v) is 5.47. The molecule has 2 aromatic carbocycles. The fourth-order valence-corrected chi connectivity index (χ4v) is 3.80. The van der Waals surface area contributed by atoms with E-state index in [2.05, 4.69) is 0 Å². The van der Waals surface area contributed by atoms with E-state index >= 15 is 0 Å². The zero-order valence-electron chi connectivity index (χ0n) is 16.7. The van der Waals surface area contributed by atoms with Crippen molar-refractivity contribution in [1.82, 2.24) is 14.3 Å². The van der Waals surface area contributed by atoms with Crippen molar-refractivity contribution in [3.05, 3.63) is 63.7 Å². The van der Waals surface area contributed by atoms with Crippen LogP contribution in [0.5, 0.6) is 5.88 Å². The molecule has 0 saturated carbocycles. The van der Waals surface area contributed by atoms with Crippen molar-refractivity contribution in [1.29, 1.82) is 0 Å². The van der Waals surface area contributed by atoms with E-state index in [-0.39, 0.29) is 22.8 Å². The highest BCUT2D eigenvalue weighted by Crippen LogP contribution is 2.37. The molecule has 0 saturated heterocycles. The molecule has 3 aromatic rings. The van der Waals surface area contributed by atoms with Crippen LogP contribution in [0.1, 0.15) is 12.8 Å². The van der Waals surface area contributed by atoms with E-state index in [1.54, 1.807) is 53.8 Å². The Bertz CT molecular complexity index is 1170. The molecule has 1 amide bonds. The van der Waals surface area contributed by atoms with Crippen LogP contribution in [-0.2, 0) is 13.1 Å². The lowest BCUT2D eigenvalue weighted by Gasteiger charge is -2.19. The van der Waals surface area contributed by atoms with E-state index in [4.69, 9.17) is 16.3 Å². The Morgan fingerprint density at radius 2 is 1.67 bits per heavy atom. The van der Waals surface area contributed by atoms with Crippen LogP contribution in [-0.4, -0.2) is 34.5 Å². The van der Waals surface area contributed by atoms with Crippen molar-refractivity contribution in [3.63, 3.8) is 0 Å². The number of aromatic nitrogens is 2. The molecule has 156 valence electrons. The molecule has 6 nitrogen and oxygen atoms in total. The molecule has 1 aliphatic rings. The SMILES string of the molecule is CN(C)C(=O)Oc1c(-c2cc(-c3ccc(F)cc3)ccc2Cl)c(=O)n2n1CCCC2. The van der Waals surface area contributed by atoms with Gasteiger partial charge in [0.25, 0.3) is 5.56 Å². The summed E-state index contributed by atoms with van der Waals surface area (Å²) in [7, 11) is 3.16. The lowest BCUT2D eigenvalue weighted by molar-refractivity contribution is 0.164. The number of hydrogen-bond donors (Lipinski definition) is 0. The summed E-state index contributed by atoms with van der Waals surface area (Å²) in [4.78, 5) is 26.9. The number of rotatable bonds is 3. The summed E-state index contributed by atoms with van der Waals surface area (Å²) in [6, 6.07) is 11.3. The van der Waals surface area contributed by atoms with Crippen molar-refractivity contribution < 1.29 is 13.9 Å². The van der Waals surface area contributed by atoms with E-state index in [1.807, 2.05) is 0 Å². The first kappa shape index (κ1) is 20.2. The van der Waals surface area contributed by atoms with Crippen LogP contribution in [0.3, 0.4) is 0 Å². The summed E-state index contributed by atoms with van der Waals surface area (Å²) in [6.07, 6.45) is 1.17. The Labute approximate surface area is 178 Å². The van der Waals surface area contributed by atoms with Crippen LogP contribution in [0, 0.1) is 5.82 Å². The fourth-order valence-electron chi connectivity index (χ4n) is 3.58. The van der Waals surface area contributed by atoms with Gasteiger partial charge in [-0.2, -0.15) is 0 Å². The van der Waals surface area contributed by atoms with E-state index in [0.29, 0.717) is 23.7 Å². The lowest BCUT2D eigenvalue weighted by atomic mass is 10.00. The minimum absolute atomic E-state index is 0.191. The van der Waals surface area contributed by atoms with Gasteiger partial charge in [-0.1, -0.05) is 29.8 Å². The highest BCUT2D eigenvalue weighted by atomic mass is 35.5. The van der Waals surface area contributed by atoms with Gasteiger partial charge < -0.3 is 9.64 Å². The normalized spacial score (nSPS) is 13.1. The molecule has 1 aliphatic heterocycles. The van der Waals surface area contributed by atoms with Gasteiger partial charge >= 0.3 is 6.09 Å². The average Bonchev–Trinajstić information content (AvgIpc) is 3.01. The topological polar surface area (TPSA) is 56.5 Å². The van der Waals surface area contributed by atoms with Gasteiger partial charge in [0.15, 0.2) is 0 Å². The maximum absolute atomic E-state index is 13.3. The minimum atomic E-state index is -0.575. The number of fused-ring (bicyclic) bond motifs is 1. The van der Waals surface area contributed by atoms with Gasteiger partial charge in [-0.25, -0.2) is 13.9 Å². The Kier molecular flexibility index (Phi) is 5.39. The number of amides is 1. The smallest absolute Gasteiger partial charge is 0.391 e. The van der Waals surface area contributed by atoms with Gasteiger partial charge in [0.1, 0.15) is 11.4 Å². The maximum Gasteiger partial charge on any atom is 0.416 e. The number of benzene rings is 2. The van der Waals surface area contributed by atoms with Gasteiger partial charge in [0, 0.05) is 37.8 Å². The second-order valence-corrected chi connectivity index (χ2v) is 7.81. The van der Waals surface area contributed by atoms with Crippen molar-refractivity contribution >= 4 is 17.7 Å². The molecule has 0 atom stereocenters. The summed E-state index contributed by atoms with van der Waals surface area (Å²) in [5, 5.41) is 0.365. The third-order valence-electron chi connectivity index (χ3n) is 5.14. The molecule has 0 spiro atoms. The third kappa shape index (κ3) is 3.61. The van der Waals surface area contributed by atoms with Crippen LogP contribution >= 0.6 is 11.6 Å². The Hall–Kier alpha value is -3.06. The summed E-state index contributed by atoms with van der Waals surface area (Å²) in [5.41, 5.74) is 2.02. The second kappa shape index (κ2) is 7.99. The summed E-state index contributed by atoms with van der Waals surface area (Å²) >= 11 is 6.48. The number of hydrogen-bond acceptors (Lipinski definition) is 3. The van der Waals surface area contributed by atoms with Crippen LogP contribution in [0.25, 0.3) is 22.3 Å². The first-order chi connectivity index (χ1) is 14.4. The number of carbonyl (C=O) groups is 1. The molecule has 0 unspecified atom stereocenters. The van der Waals surface area contributed by atoms with E-state index in [9.17, 15) is 14.0 Å². The van der Waals surface area contributed by atoms with E-state index < -0.39 is 6.09 Å². The molecule has 30 heavy (non-hydrogen) atoms. The van der Waals surface area contributed by atoms with Crippen molar-refractivity contribution in [2.75, 3.05) is 14.1 Å². The molecular formula is C22H21ClFN3O3. The average molecular weight is 430 g/mol. The predicted molar refractivity (Wildman–Crippen MR) is 113 cm³/mol. The molecule has 0 radical (unpaired) electrons. The molecule has 8 heteroatoms. The van der Waals surface area contributed by atoms with Gasteiger partial charge in [-0.15, -0.1) is 0 Å². The summed E-state index contributed by atoms with van der Waals surface area (Å²) in [6.45, 7) is 1.11. The quantitative estimate of drug-likeness (QED) is 0.610. The monoisotopic (exact) mass is 429 g/mol. The van der Waals surface area contributed by atoms with Crippen LogP contribution in [0.15, 0.2) is 47.3 Å². The Morgan fingerprint density at radius 3 is 2.33 bits per heavy atom. The Balaban J connectivity index is 1.90. The second-order valence-electron chi connectivity index (χ2n) is 7.40. The molecule has 2 heterocycles. The molecular weight excluding hydrogens is 409 g/mol. The van der Waals surface area contributed by atoms with Gasteiger partial charge in [-0.3, -0.25) is 9.48 Å². The molecule has 0 aliphatic carbocycles. The highest BCUT2D eigenvalue weighted by molar-refractivity contribution is 6.33. The van der Waals surface area contributed by atoms with Crippen molar-refractivity contribution in [2.24, 2.45) is 0 Å². The molecule has 4 rings (SSSR count). The number of nitrogens with zero attached hydrogens (tertiary/aromatic N) is 3. The number of halogens is 2. The van der Waals surface area contributed by atoms with Crippen LogP contribution in [0.4, 0.5) is 9.18 Å². The van der Waals surface area contributed by atoms with E-state index in [1.165, 1.54) is 17.0 Å². The zero-order chi connectivity index (χ0) is 21.4. The summed E-state index contributed by atoms with van der Waals surface area (Å²) < 4.78 is 22.2. The largest absolute Gasteiger partial charge is 0.416 e. The van der Waals surface area contributed by atoms with Crippen LogP contribution in [0.2, 0.25) is 5.02 Å². The first-order valence-electron chi connectivity index (χ1n) is 9.65. The number of ether oxygens (including phenoxy) is 1. The maximum atomic E-state index is 13.3. The van der Waals surface area contributed by atoms with Crippen molar-refractivity contribution in [2.45, 2.75) is 25.9 Å². The molecule has 0 N–H and O–H groups in total. The van der Waals surface area contributed by atoms with Crippen molar-refractivity contribution in [3.8, 4) is 28.1 Å². The Morgan fingerprint density at radius 1 is 1.03 bits per heavy atom. The number of carbonyl (C=O) groups excluding carboxylic acids is 1. The predicted octanol–water partition coefficient (Wildman–Crippen LogP) is 4.63. The lowest BCUT2D eigenvalue weighted by Crippen LogP contribution is -2.29. The van der Waals surface area contributed by atoms with E-state index in [0.717, 1.165) is 24.0 Å². The summed E-state index contributed by atoms with van der Waals surface area (Å²) in [5.74, 6) is -0.138. The zero-order valence-corrected chi connectivity index (χ0v) is 17.4.